The summed E-state index contributed by atoms with van der Waals surface area (Å²) < 4.78 is 0. The first-order valence-electron chi connectivity index (χ1n) is 12.8. The molecule has 0 radical (unpaired) electrons. The highest BCUT2D eigenvalue weighted by Gasteiger charge is 2.35. The summed E-state index contributed by atoms with van der Waals surface area (Å²) in [4.78, 5) is 47.1. The van der Waals surface area contributed by atoms with Gasteiger partial charge in [-0.15, -0.1) is 0 Å². The zero-order chi connectivity index (χ0) is 31.7. The van der Waals surface area contributed by atoms with E-state index in [9.17, 15) is 29.4 Å². The minimum Gasteiger partial charge on any atom is -0.506 e. The summed E-state index contributed by atoms with van der Waals surface area (Å²) in [6.07, 6.45) is 6.81. The Bertz CT molecular complexity index is 1160. The number of rotatable bonds is 8. The molecule has 4 amide bonds. The van der Waals surface area contributed by atoms with Crippen LogP contribution >= 0.6 is 23.2 Å². The number of nitrogens with one attached hydrogen (secondary N) is 2. The third kappa shape index (κ3) is 12.6. The van der Waals surface area contributed by atoms with Gasteiger partial charge in [0.2, 0.25) is 24.6 Å². The Morgan fingerprint density at radius 1 is 0.762 bits per heavy atom. The molecule has 1 fully saturated rings. The van der Waals surface area contributed by atoms with Gasteiger partial charge < -0.3 is 20.0 Å². The molecule has 4 N–H and O–H groups in total. The van der Waals surface area contributed by atoms with Crippen LogP contribution in [0, 0.1) is 11.8 Å². The van der Waals surface area contributed by atoms with Crippen molar-refractivity contribution in [3.8, 4) is 11.5 Å². The van der Waals surface area contributed by atoms with Crippen molar-refractivity contribution in [2.45, 2.75) is 25.7 Å². The van der Waals surface area contributed by atoms with Crippen LogP contribution in [0.15, 0.2) is 46.6 Å². The number of hydrogen-bond acceptors (Lipinski definition) is 8. The van der Waals surface area contributed by atoms with E-state index in [1.165, 1.54) is 34.4 Å². The largest absolute Gasteiger partial charge is 0.506 e. The van der Waals surface area contributed by atoms with Gasteiger partial charge in [0, 0.05) is 39.3 Å². The van der Waals surface area contributed by atoms with Crippen molar-refractivity contribution in [2.75, 3.05) is 28.2 Å². The van der Waals surface area contributed by atoms with Crippen molar-refractivity contribution in [3.05, 3.63) is 57.6 Å². The van der Waals surface area contributed by atoms with Gasteiger partial charge in [0.1, 0.15) is 11.5 Å². The smallest absolute Gasteiger partial charge is 0.243 e. The lowest BCUT2D eigenvalue weighted by molar-refractivity contribution is -0.136. The van der Waals surface area contributed by atoms with Gasteiger partial charge in [0.05, 0.1) is 34.3 Å². The quantitative estimate of drug-likeness (QED) is 0.200. The van der Waals surface area contributed by atoms with Gasteiger partial charge in [0.15, 0.2) is 0 Å². The molecular weight excluding hydrogens is 587 g/mol. The van der Waals surface area contributed by atoms with Crippen molar-refractivity contribution < 1.29 is 29.4 Å². The molecule has 2 aromatic carbocycles. The molecule has 228 valence electrons. The summed E-state index contributed by atoms with van der Waals surface area (Å²) in [6, 6.07) is 9.57. The van der Waals surface area contributed by atoms with E-state index in [-0.39, 0.29) is 33.4 Å². The Hall–Kier alpha value is -4.16. The lowest BCUT2D eigenvalue weighted by atomic mass is 9.78. The van der Waals surface area contributed by atoms with Crippen LogP contribution < -0.4 is 10.9 Å². The second kappa shape index (κ2) is 19.1. The summed E-state index contributed by atoms with van der Waals surface area (Å²) >= 11 is 11.7. The number of carbonyl (C=O) groups excluding carboxylic acids is 4. The zero-order valence-corrected chi connectivity index (χ0v) is 25.3. The monoisotopic (exact) mass is 622 g/mol. The molecule has 2 atom stereocenters. The number of phenols is 2. The van der Waals surface area contributed by atoms with Gasteiger partial charge in [-0.05, 0) is 37.1 Å². The summed E-state index contributed by atoms with van der Waals surface area (Å²) in [5.41, 5.74) is 5.59. The fourth-order valence-corrected chi connectivity index (χ4v) is 3.89. The number of carbonyl (C=O) groups is 4. The maximum absolute atomic E-state index is 12.7. The first kappa shape index (κ1) is 35.9. The zero-order valence-electron chi connectivity index (χ0n) is 23.8. The minimum atomic E-state index is -0.566. The van der Waals surface area contributed by atoms with Gasteiger partial charge >= 0.3 is 0 Å². The van der Waals surface area contributed by atoms with Crippen LogP contribution in [0.5, 0.6) is 11.5 Å². The highest BCUT2D eigenvalue weighted by atomic mass is 35.5. The maximum atomic E-state index is 12.7. The molecule has 14 heteroatoms. The molecule has 0 aliphatic heterocycles. The maximum Gasteiger partial charge on any atom is 0.243 e. The third-order valence-electron chi connectivity index (χ3n) is 5.65. The average Bonchev–Trinajstić information content (AvgIpc) is 2.97. The molecule has 0 aromatic heterocycles. The van der Waals surface area contributed by atoms with Crippen molar-refractivity contribution in [1.29, 1.82) is 0 Å². The second-order valence-corrected chi connectivity index (χ2v) is 10.3. The van der Waals surface area contributed by atoms with E-state index in [2.05, 4.69) is 21.1 Å². The molecule has 0 unspecified atom stereocenters. The van der Waals surface area contributed by atoms with Gasteiger partial charge in [-0.2, -0.15) is 10.2 Å². The van der Waals surface area contributed by atoms with Crippen molar-refractivity contribution in [2.24, 2.45) is 22.0 Å². The number of nitrogens with zero attached hydrogens (tertiary/aromatic N) is 4. The van der Waals surface area contributed by atoms with Crippen LogP contribution in [0.4, 0.5) is 0 Å². The fraction of sp³-hybridized carbons (Fsp3) is 0.357. The fourth-order valence-electron chi connectivity index (χ4n) is 3.53. The predicted molar refractivity (Wildman–Crippen MR) is 163 cm³/mol. The number of halogens is 2. The normalized spacial score (nSPS) is 15.9. The summed E-state index contributed by atoms with van der Waals surface area (Å²) in [5, 5.41) is 27.9. The highest BCUT2D eigenvalue weighted by molar-refractivity contribution is 6.32. The number of para-hydroxylation sites is 2. The van der Waals surface area contributed by atoms with E-state index in [0.29, 0.717) is 24.0 Å². The SMILES string of the molecule is CN(C)C=O.CN(C)C=O.O=C(N/N=C/c1cccc(Cl)c1O)[C@H]1CCCC[C@@H]1C(=O)N/N=C/c1cccc(Cl)c1O. The van der Waals surface area contributed by atoms with Crippen molar-refractivity contribution in [1.82, 2.24) is 20.7 Å². The molecule has 1 saturated carbocycles. The Kier molecular flexibility index (Phi) is 16.3. The van der Waals surface area contributed by atoms with E-state index >= 15 is 0 Å². The van der Waals surface area contributed by atoms with Crippen molar-refractivity contribution in [3.63, 3.8) is 0 Å². The molecule has 0 heterocycles. The van der Waals surface area contributed by atoms with E-state index in [1.54, 1.807) is 52.5 Å². The molecule has 1 aliphatic rings. The first-order chi connectivity index (χ1) is 19.9. The molecule has 0 bridgehead atoms. The molecule has 2 aromatic rings. The summed E-state index contributed by atoms with van der Waals surface area (Å²) in [5.74, 6) is -2.18. The molecule has 0 spiro atoms. The first-order valence-corrected chi connectivity index (χ1v) is 13.5. The summed E-state index contributed by atoms with van der Waals surface area (Å²) in [7, 11) is 6.75. The van der Waals surface area contributed by atoms with Crippen LogP contribution in [-0.2, 0) is 19.2 Å². The Morgan fingerprint density at radius 2 is 1.10 bits per heavy atom. The lowest BCUT2D eigenvalue weighted by Gasteiger charge is -2.28. The predicted octanol–water partition coefficient (Wildman–Crippen LogP) is 3.22. The number of aromatic hydroxyl groups is 2. The number of phenolic OH excluding ortho intramolecular Hbond substituents is 2. The number of amides is 4. The minimum absolute atomic E-state index is 0.134. The van der Waals surface area contributed by atoms with E-state index in [0.717, 1.165) is 25.7 Å². The van der Waals surface area contributed by atoms with Gasteiger partial charge in [-0.3, -0.25) is 19.2 Å². The van der Waals surface area contributed by atoms with Gasteiger partial charge in [-0.25, -0.2) is 10.9 Å². The van der Waals surface area contributed by atoms with Crippen LogP contribution in [0.3, 0.4) is 0 Å². The van der Waals surface area contributed by atoms with Crippen molar-refractivity contribution >= 4 is 60.3 Å². The standard InChI is InChI=1S/C22H22Cl2N4O4.2C3H7NO/c23-17-9-3-5-13(19(17)29)11-25-27-21(31)15-7-1-2-8-16(15)22(32)28-26-12-14-6-4-10-18(24)20(14)30;2*1-4(2)3-5/h3-6,9-12,15-16,29-30H,1-2,7-8H2,(H,27,31)(H,28,32);2*3H,1-2H3/b25-11+,26-12+;;/t15-,16-;;/m0../s1. The van der Waals surface area contributed by atoms with Crippen LogP contribution in [0.2, 0.25) is 10.0 Å². The third-order valence-corrected chi connectivity index (χ3v) is 6.26. The van der Waals surface area contributed by atoms with Gasteiger partial charge in [-0.1, -0.05) is 48.2 Å². The molecular formula is C28H36Cl2N6O6. The molecule has 3 rings (SSSR count). The van der Waals surface area contributed by atoms with Crippen LogP contribution in [0.25, 0.3) is 0 Å². The highest BCUT2D eigenvalue weighted by Crippen LogP contribution is 2.31. The average molecular weight is 624 g/mol. The van der Waals surface area contributed by atoms with Crippen LogP contribution in [-0.4, -0.2) is 85.3 Å². The summed E-state index contributed by atoms with van der Waals surface area (Å²) in [6.45, 7) is 0. The van der Waals surface area contributed by atoms with E-state index < -0.39 is 11.8 Å². The van der Waals surface area contributed by atoms with E-state index in [1.807, 2.05) is 0 Å². The number of hydrazone groups is 2. The number of hydrogen-bond donors (Lipinski definition) is 4. The lowest BCUT2D eigenvalue weighted by Crippen LogP contribution is -2.41. The topological polar surface area (TPSA) is 164 Å². The molecule has 42 heavy (non-hydrogen) atoms. The Balaban J connectivity index is 0.000000759. The second-order valence-electron chi connectivity index (χ2n) is 9.46. The van der Waals surface area contributed by atoms with E-state index in [4.69, 9.17) is 23.2 Å². The van der Waals surface area contributed by atoms with Crippen LogP contribution in [0.1, 0.15) is 36.8 Å². The number of benzene rings is 2. The van der Waals surface area contributed by atoms with Gasteiger partial charge in [0.25, 0.3) is 0 Å². The molecule has 0 saturated heterocycles. The molecule has 12 nitrogen and oxygen atoms in total. The molecule has 1 aliphatic carbocycles. The Labute approximate surface area is 255 Å². The Morgan fingerprint density at radius 3 is 1.40 bits per heavy atom.